The highest BCUT2D eigenvalue weighted by Gasteiger charge is 2.26. The number of imidazole rings is 1. The average molecular weight is 335 g/mol. The zero-order chi connectivity index (χ0) is 17.1. The summed E-state index contributed by atoms with van der Waals surface area (Å²) in [5.41, 5.74) is 1.05. The summed E-state index contributed by atoms with van der Waals surface area (Å²) in [7, 11) is 0. The smallest absolute Gasteiger partial charge is 0.227 e. The molecule has 3 aromatic rings. The normalized spacial score (nSPS) is 17.1. The summed E-state index contributed by atoms with van der Waals surface area (Å²) in [6, 6.07) is 11.8. The van der Waals surface area contributed by atoms with Gasteiger partial charge >= 0.3 is 0 Å². The van der Waals surface area contributed by atoms with E-state index in [1.54, 1.807) is 6.20 Å². The first kappa shape index (κ1) is 15.6. The van der Waals surface area contributed by atoms with Gasteiger partial charge in [0, 0.05) is 50.3 Å². The van der Waals surface area contributed by atoms with Gasteiger partial charge in [0.1, 0.15) is 5.82 Å². The maximum atomic E-state index is 12.9. The summed E-state index contributed by atoms with van der Waals surface area (Å²) in [5, 5.41) is 4.31. The van der Waals surface area contributed by atoms with Crippen molar-refractivity contribution in [3.63, 3.8) is 0 Å². The molecule has 3 heterocycles. The molecule has 128 valence electrons. The molecule has 1 amide bonds. The maximum Gasteiger partial charge on any atom is 0.227 e. The molecule has 2 aromatic heterocycles. The summed E-state index contributed by atoms with van der Waals surface area (Å²) in [6.45, 7) is 2.92. The Labute approximate surface area is 146 Å². The fourth-order valence-electron chi connectivity index (χ4n) is 3.40. The van der Waals surface area contributed by atoms with Crippen LogP contribution in [0.4, 0.5) is 0 Å². The Hall–Kier alpha value is -2.89. The van der Waals surface area contributed by atoms with E-state index < -0.39 is 0 Å². The van der Waals surface area contributed by atoms with Crippen molar-refractivity contribution < 1.29 is 4.79 Å². The SMILES string of the molecule is O=C(Cc1ccccc1)N1Cc2nccn2CC(Cn2cccn2)C1. The van der Waals surface area contributed by atoms with Gasteiger partial charge in [0.05, 0.1) is 13.0 Å². The molecule has 0 bridgehead atoms. The van der Waals surface area contributed by atoms with Crippen molar-refractivity contribution in [3.05, 3.63) is 72.6 Å². The third kappa shape index (κ3) is 3.63. The summed E-state index contributed by atoms with van der Waals surface area (Å²) in [5.74, 6) is 1.40. The van der Waals surface area contributed by atoms with Gasteiger partial charge in [0.15, 0.2) is 0 Å². The monoisotopic (exact) mass is 335 g/mol. The molecule has 1 aliphatic heterocycles. The van der Waals surface area contributed by atoms with Crippen molar-refractivity contribution in [1.29, 1.82) is 0 Å². The number of amides is 1. The summed E-state index contributed by atoms with van der Waals surface area (Å²) >= 11 is 0. The van der Waals surface area contributed by atoms with Crippen molar-refractivity contribution >= 4 is 5.91 Å². The molecular weight excluding hydrogens is 314 g/mol. The van der Waals surface area contributed by atoms with Crippen LogP contribution < -0.4 is 0 Å². The molecule has 0 fully saturated rings. The van der Waals surface area contributed by atoms with Crippen LogP contribution in [0.5, 0.6) is 0 Å². The highest BCUT2D eigenvalue weighted by molar-refractivity contribution is 5.78. The van der Waals surface area contributed by atoms with E-state index in [-0.39, 0.29) is 5.91 Å². The second-order valence-electron chi connectivity index (χ2n) is 6.53. The van der Waals surface area contributed by atoms with E-state index in [1.807, 2.05) is 64.6 Å². The van der Waals surface area contributed by atoms with E-state index in [9.17, 15) is 4.79 Å². The number of benzene rings is 1. The van der Waals surface area contributed by atoms with Crippen molar-refractivity contribution in [3.8, 4) is 0 Å². The van der Waals surface area contributed by atoms with Crippen LogP contribution in [0.2, 0.25) is 0 Å². The lowest BCUT2D eigenvalue weighted by Crippen LogP contribution is -2.36. The zero-order valence-corrected chi connectivity index (χ0v) is 14.0. The molecule has 0 spiro atoms. The van der Waals surface area contributed by atoms with Gasteiger partial charge in [-0.2, -0.15) is 5.10 Å². The standard InChI is InChI=1S/C19H21N5O/c25-19(11-16-5-2-1-3-6-16)23-13-17(14-24-9-4-7-21-24)12-22-10-8-20-18(22)15-23/h1-10,17H,11-15H2. The van der Waals surface area contributed by atoms with Gasteiger partial charge in [-0.15, -0.1) is 0 Å². The molecule has 4 rings (SSSR count). The fraction of sp³-hybridized carbons (Fsp3) is 0.316. The Bertz CT molecular complexity index is 825. The highest BCUT2D eigenvalue weighted by Crippen LogP contribution is 2.18. The van der Waals surface area contributed by atoms with Crippen molar-refractivity contribution in [2.75, 3.05) is 6.54 Å². The number of rotatable bonds is 4. The van der Waals surface area contributed by atoms with E-state index >= 15 is 0 Å². The summed E-state index contributed by atoms with van der Waals surface area (Å²) < 4.78 is 4.09. The minimum absolute atomic E-state index is 0.146. The van der Waals surface area contributed by atoms with Gasteiger partial charge in [-0.3, -0.25) is 9.48 Å². The Balaban J connectivity index is 1.53. The third-order valence-electron chi connectivity index (χ3n) is 4.62. The fourth-order valence-corrected chi connectivity index (χ4v) is 3.40. The molecular formula is C19H21N5O. The third-order valence-corrected chi connectivity index (χ3v) is 4.62. The number of aromatic nitrogens is 4. The molecule has 0 radical (unpaired) electrons. The molecule has 1 aromatic carbocycles. The van der Waals surface area contributed by atoms with Gasteiger partial charge < -0.3 is 9.47 Å². The van der Waals surface area contributed by atoms with Crippen LogP contribution >= 0.6 is 0 Å². The molecule has 0 saturated heterocycles. The molecule has 1 aliphatic rings. The first-order valence-corrected chi connectivity index (χ1v) is 8.57. The molecule has 1 unspecified atom stereocenters. The van der Waals surface area contributed by atoms with Crippen LogP contribution in [0, 0.1) is 5.92 Å². The zero-order valence-electron chi connectivity index (χ0n) is 14.0. The minimum Gasteiger partial charge on any atom is -0.335 e. The lowest BCUT2D eigenvalue weighted by molar-refractivity contribution is -0.131. The lowest BCUT2D eigenvalue weighted by Gasteiger charge is -2.24. The second kappa shape index (κ2) is 6.93. The van der Waals surface area contributed by atoms with Gasteiger partial charge in [-0.1, -0.05) is 30.3 Å². The molecule has 0 N–H and O–H groups in total. The molecule has 1 atom stereocenters. The van der Waals surface area contributed by atoms with E-state index in [4.69, 9.17) is 0 Å². The predicted octanol–water partition coefficient (Wildman–Crippen LogP) is 1.98. The molecule has 6 heteroatoms. The van der Waals surface area contributed by atoms with Gasteiger partial charge in [0.25, 0.3) is 0 Å². The lowest BCUT2D eigenvalue weighted by atomic mass is 10.1. The van der Waals surface area contributed by atoms with E-state index in [0.717, 1.165) is 31.0 Å². The number of nitrogens with zero attached hydrogens (tertiary/aromatic N) is 5. The van der Waals surface area contributed by atoms with Crippen molar-refractivity contribution in [2.24, 2.45) is 5.92 Å². The van der Waals surface area contributed by atoms with Gasteiger partial charge in [-0.05, 0) is 11.6 Å². The Kier molecular flexibility index (Phi) is 4.33. The Morgan fingerprint density at radius 1 is 1.08 bits per heavy atom. The van der Waals surface area contributed by atoms with Crippen LogP contribution in [0.3, 0.4) is 0 Å². The van der Waals surface area contributed by atoms with E-state index in [1.165, 1.54) is 0 Å². The van der Waals surface area contributed by atoms with E-state index in [0.29, 0.717) is 18.9 Å². The quantitative estimate of drug-likeness (QED) is 0.733. The molecule has 25 heavy (non-hydrogen) atoms. The largest absolute Gasteiger partial charge is 0.335 e. The van der Waals surface area contributed by atoms with Crippen LogP contribution in [-0.4, -0.2) is 36.7 Å². The first-order chi connectivity index (χ1) is 12.3. The van der Waals surface area contributed by atoms with Crippen LogP contribution in [0.25, 0.3) is 0 Å². The van der Waals surface area contributed by atoms with Crippen LogP contribution in [0.15, 0.2) is 61.2 Å². The maximum absolute atomic E-state index is 12.9. The first-order valence-electron chi connectivity index (χ1n) is 8.57. The predicted molar refractivity (Wildman–Crippen MR) is 93.5 cm³/mol. The number of hydrogen-bond donors (Lipinski definition) is 0. The number of fused-ring (bicyclic) bond motifs is 1. The number of carbonyl (C=O) groups is 1. The molecule has 0 saturated carbocycles. The summed E-state index contributed by atoms with van der Waals surface area (Å²) in [4.78, 5) is 19.2. The topological polar surface area (TPSA) is 56.0 Å². The van der Waals surface area contributed by atoms with Crippen molar-refractivity contribution in [2.45, 2.75) is 26.1 Å². The van der Waals surface area contributed by atoms with Gasteiger partial charge in [0.2, 0.25) is 5.91 Å². The number of carbonyl (C=O) groups excluding carboxylic acids is 1. The summed E-state index contributed by atoms with van der Waals surface area (Å²) in [6.07, 6.45) is 7.99. The molecule has 6 nitrogen and oxygen atoms in total. The Morgan fingerprint density at radius 3 is 2.76 bits per heavy atom. The van der Waals surface area contributed by atoms with Crippen molar-refractivity contribution in [1.82, 2.24) is 24.2 Å². The van der Waals surface area contributed by atoms with E-state index in [2.05, 4.69) is 14.6 Å². The van der Waals surface area contributed by atoms with Crippen LogP contribution in [0.1, 0.15) is 11.4 Å². The number of hydrogen-bond acceptors (Lipinski definition) is 3. The average Bonchev–Trinajstić information content (AvgIpc) is 3.24. The Morgan fingerprint density at radius 2 is 1.96 bits per heavy atom. The van der Waals surface area contributed by atoms with Gasteiger partial charge in [-0.25, -0.2) is 4.98 Å². The van der Waals surface area contributed by atoms with Crippen LogP contribution in [-0.2, 0) is 30.8 Å². The minimum atomic E-state index is 0.146. The second-order valence-corrected chi connectivity index (χ2v) is 6.53. The highest BCUT2D eigenvalue weighted by atomic mass is 16.2. The molecule has 0 aliphatic carbocycles.